The fraction of sp³-hybridized carbons (Fsp3) is 0.500. The molecule has 0 N–H and O–H groups in total. The molecule has 1 fully saturated rings. The summed E-state index contributed by atoms with van der Waals surface area (Å²) in [5, 5.41) is 4.70. The highest BCUT2D eigenvalue weighted by Crippen LogP contribution is 2.32. The second kappa shape index (κ2) is 7.99. The number of Topliss-reactive ketones (excluding diaryl/α,β-unsaturated/α-hetero) is 1. The number of amides is 1. The Hall–Kier alpha value is -2.67. The average molecular weight is 399 g/mol. The molecule has 1 aromatic heterocycles. The number of methoxy groups -OCH3 is 1. The van der Waals surface area contributed by atoms with Gasteiger partial charge in [-0.25, -0.2) is 4.68 Å². The predicted molar refractivity (Wildman–Crippen MR) is 109 cm³/mol. The Labute approximate surface area is 171 Å². The van der Waals surface area contributed by atoms with E-state index in [0.29, 0.717) is 19.8 Å². The van der Waals surface area contributed by atoms with E-state index in [1.165, 1.54) is 0 Å². The van der Waals surface area contributed by atoms with Gasteiger partial charge in [0.15, 0.2) is 0 Å². The lowest BCUT2D eigenvalue weighted by molar-refractivity contribution is -0.154. The molecular weight excluding hydrogens is 370 g/mol. The van der Waals surface area contributed by atoms with Crippen molar-refractivity contribution in [1.82, 2.24) is 14.7 Å². The lowest BCUT2D eigenvalue weighted by Crippen LogP contribution is -2.49. The molecule has 0 spiro atoms. The molecule has 7 nitrogen and oxygen atoms in total. The minimum Gasteiger partial charge on any atom is -0.497 e. The maximum absolute atomic E-state index is 13.0. The van der Waals surface area contributed by atoms with E-state index in [4.69, 9.17) is 14.6 Å². The number of hydrogen-bond donors (Lipinski definition) is 0. The lowest BCUT2D eigenvalue weighted by Gasteiger charge is -2.36. The van der Waals surface area contributed by atoms with Crippen molar-refractivity contribution in [2.45, 2.75) is 40.7 Å². The molecule has 1 unspecified atom stereocenters. The summed E-state index contributed by atoms with van der Waals surface area (Å²) in [6.45, 7) is 10.3. The maximum Gasteiger partial charge on any atom is 0.291 e. The Morgan fingerprint density at radius 2 is 1.97 bits per heavy atom. The maximum atomic E-state index is 13.0. The average Bonchev–Trinajstić information content (AvgIpc) is 3.00. The van der Waals surface area contributed by atoms with Crippen LogP contribution in [0.2, 0.25) is 0 Å². The molecule has 2 heterocycles. The van der Waals surface area contributed by atoms with Crippen LogP contribution in [0, 0.1) is 19.3 Å². The van der Waals surface area contributed by atoms with Crippen molar-refractivity contribution in [3.63, 3.8) is 0 Å². The summed E-state index contributed by atoms with van der Waals surface area (Å²) in [6, 6.07) is 7.30. The molecule has 3 rings (SSSR count). The summed E-state index contributed by atoms with van der Waals surface area (Å²) >= 11 is 0. The smallest absolute Gasteiger partial charge is 0.291 e. The van der Waals surface area contributed by atoms with Gasteiger partial charge in [0, 0.05) is 29.3 Å². The van der Waals surface area contributed by atoms with Crippen LogP contribution < -0.4 is 4.74 Å². The Kier molecular flexibility index (Phi) is 5.80. The van der Waals surface area contributed by atoms with Crippen LogP contribution >= 0.6 is 0 Å². The van der Waals surface area contributed by atoms with Crippen molar-refractivity contribution in [3.8, 4) is 11.4 Å². The van der Waals surface area contributed by atoms with E-state index >= 15 is 0 Å². The summed E-state index contributed by atoms with van der Waals surface area (Å²) in [5.41, 5.74) is 2.78. The zero-order valence-electron chi connectivity index (χ0n) is 18.0. The zero-order valence-corrected chi connectivity index (χ0v) is 18.0. The first-order chi connectivity index (χ1) is 13.6. The van der Waals surface area contributed by atoms with Gasteiger partial charge in [-0.05, 0) is 26.0 Å². The summed E-state index contributed by atoms with van der Waals surface area (Å²) in [4.78, 5) is 27.3. The normalized spacial score (nSPS) is 17.3. The first kappa shape index (κ1) is 21.0. The number of ether oxygens (including phenoxy) is 2. The topological polar surface area (TPSA) is 73.7 Å². The van der Waals surface area contributed by atoms with Gasteiger partial charge in [-0.3, -0.25) is 9.59 Å². The SMILES string of the molecule is COc1cccc(-n2nc(C)c(C3COCCN3C(=O)C(=O)C(C)(C)C)c2C)c1. The molecular formula is C22H29N3O4. The molecule has 2 aromatic rings. The van der Waals surface area contributed by atoms with E-state index in [2.05, 4.69) is 0 Å². The van der Waals surface area contributed by atoms with Gasteiger partial charge < -0.3 is 14.4 Å². The largest absolute Gasteiger partial charge is 0.497 e. The van der Waals surface area contributed by atoms with Crippen molar-refractivity contribution in [3.05, 3.63) is 41.2 Å². The third-order valence-electron chi connectivity index (χ3n) is 5.24. The van der Waals surface area contributed by atoms with E-state index in [0.717, 1.165) is 28.4 Å². The third-order valence-corrected chi connectivity index (χ3v) is 5.24. The first-order valence-corrected chi connectivity index (χ1v) is 9.79. The number of morpholine rings is 1. The van der Waals surface area contributed by atoms with Crippen molar-refractivity contribution in [2.24, 2.45) is 5.41 Å². The number of ketones is 1. The van der Waals surface area contributed by atoms with Crippen LogP contribution in [0.15, 0.2) is 24.3 Å². The molecule has 7 heteroatoms. The predicted octanol–water partition coefficient (Wildman–Crippen LogP) is 3.01. The first-order valence-electron chi connectivity index (χ1n) is 9.79. The van der Waals surface area contributed by atoms with Crippen molar-refractivity contribution >= 4 is 11.7 Å². The molecule has 0 saturated carbocycles. The van der Waals surface area contributed by atoms with Crippen LogP contribution in [0.3, 0.4) is 0 Å². The molecule has 1 aliphatic rings. The Morgan fingerprint density at radius 3 is 2.62 bits per heavy atom. The number of carbonyl (C=O) groups excluding carboxylic acids is 2. The number of aryl methyl sites for hydroxylation is 1. The van der Waals surface area contributed by atoms with Crippen LogP contribution in [0.1, 0.15) is 43.8 Å². The monoisotopic (exact) mass is 399 g/mol. The van der Waals surface area contributed by atoms with E-state index < -0.39 is 11.3 Å². The molecule has 156 valence electrons. The molecule has 0 bridgehead atoms. The van der Waals surface area contributed by atoms with Gasteiger partial charge >= 0.3 is 0 Å². The fourth-order valence-electron chi connectivity index (χ4n) is 3.67. The van der Waals surface area contributed by atoms with Crippen LogP contribution in [-0.4, -0.2) is 53.2 Å². The number of rotatable bonds is 4. The number of aromatic nitrogens is 2. The van der Waals surface area contributed by atoms with E-state index in [1.807, 2.05) is 42.8 Å². The van der Waals surface area contributed by atoms with Gasteiger partial charge in [0.1, 0.15) is 5.75 Å². The van der Waals surface area contributed by atoms with Crippen LogP contribution in [0.25, 0.3) is 5.69 Å². The third kappa shape index (κ3) is 4.05. The van der Waals surface area contributed by atoms with E-state index in [1.54, 1.807) is 32.8 Å². The minimum absolute atomic E-state index is 0.342. The fourth-order valence-corrected chi connectivity index (χ4v) is 3.67. The Balaban J connectivity index is 2.01. The quantitative estimate of drug-likeness (QED) is 0.739. The van der Waals surface area contributed by atoms with Crippen molar-refractivity contribution < 1.29 is 19.1 Å². The molecule has 1 aromatic carbocycles. The molecule has 29 heavy (non-hydrogen) atoms. The van der Waals surface area contributed by atoms with Crippen LogP contribution in [0.5, 0.6) is 5.75 Å². The Bertz CT molecular complexity index is 927. The molecule has 0 radical (unpaired) electrons. The number of carbonyl (C=O) groups is 2. The van der Waals surface area contributed by atoms with E-state index in [-0.39, 0.29) is 11.8 Å². The summed E-state index contributed by atoms with van der Waals surface area (Å²) in [7, 11) is 1.63. The highest BCUT2D eigenvalue weighted by atomic mass is 16.5. The molecule has 1 amide bonds. The van der Waals surface area contributed by atoms with Crippen LogP contribution in [0.4, 0.5) is 0 Å². The van der Waals surface area contributed by atoms with E-state index in [9.17, 15) is 9.59 Å². The van der Waals surface area contributed by atoms with Gasteiger partial charge in [-0.15, -0.1) is 0 Å². The molecule has 1 atom stereocenters. The Morgan fingerprint density at radius 1 is 1.24 bits per heavy atom. The molecule has 1 saturated heterocycles. The van der Waals surface area contributed by atoms with Crippen molar-refractivity contribution in [2.75, 3.05) is 26.9 Å². The number of hydrogen-bond acceptors (Lipinski definition) is 5. The summed E-state index contributed by atoms with van der Waals surface area (Å²) < 4.78 is 12.8. The summed E-state index contributed by atoms with van der Waals surface area (Å²) in [5.74, 6) is -0.108. The van der Waals surface area contributed by atoms with Gasteiger partial charge in [0.05, 0.1) is 37.7 Å². The van der Waals surface area contributed by atoms with Gasteiger partial charge in [0.25, 0.3) is 5.91 Å². The summed E-state index contributed by atoms with van der Waals surface area (Å²) in [6.07, 6.45) is 0. The minimum atomic E-state index is -0.727. The zero-order chi connectivity index (χ0) is 21.3. The highest BCUT2D eigenvalue weighted by molar-refractivity contribution is 6.37. The van der Waals surface area contributed by atoms with Gasteiger partial charge in [0.2, 0.25) is 5.78 Å². The lowest BCUT2D eigenvalue weighted by atomic mass is 9.89. The van der Waals surface area contributed by atoms with Gasteiger partial charge in [-0.1, -0.05) is 26.8 Å². The van der Waals surface area contributed by atoms with Crippen molar-refractivity contribution in [1.29, 1.82) is 0 Å². The standard InChI is InChI=1S/C22H29N3O4/c1-14-19(15(2)25(23-14)16-8-7-9-17(12-16)28-6)18-13-29-11-10-24(18)21(27)20(26)22(3,4)5/h7-9,12,18H,10-11,13H2,1-6H3. The van der Waals surface area contributed by atoms with Crippen LogP contribution in [-0.2, 0) is 14.3 Å². The second-order valence-corrected chi connectivity index (χ2v) is 8.37. The number of nitrogens with zero attached hydrogens (tertiary/aromatic N) is 3. The highest BCUT2D eigenvalue weighted by Gasteiger charge is 2.38. The van der Waals surface area contributed by atoms with Gasteiger partial charge in [-0.2, -0.15) is 5.10 Å². The molecule has 1 aliphatic heterocycles. The molecule has 0 aliphatic carbocycles. The second-order valence-electron chi connectivity index (χ2n) is 8.37. The number of benzene rings is 1.